The zero-order valence-corrected chi connectivity index (χ0v) is 9.54. The van der Waals surface area contributed by atoms with Crippen molar-refractivity contribution in [3.05, 3.63) is 47.3 Å². The lowest BCUT2D eigenvalue weighted by Crippen LogP contribution is -2.09. The standard InChI is InChI=1S/C12H10F2N4/c1-7(9-5-16-17-6-9)18-12-10(13)2-8(4-15)3-11(12)14/h2-3,5-7,18H,1H3,(H,16,17). The van der Waals surface area contributed by atoms with Gasteiger partial charge >= 0.3 is 0 Å². The summed E-state index contributed by atoms with van der Waals surface area (Å²) < 4.78 is 27.2. The average molecular weight is 248 g/mol. The summed E-state index contributed by atoms with van der Waals surface area (Å²) in [4.78, 5) is 0. The van der Waals surface area contributed by atoms with Gasteiger partial charge in [-0.1, -0.05) is 0 Å². The molecule has 0 saturated heterocycles. The molecule has 92 valence electrons. The van der Waals surface area contributed by atoms with Gasteiger partial charge in [0.05, 0.1) is 23.9 Å². The summed E-state index contributed by atoms with van der Waals surface area (Å²) in [5, 5.41) is 17.7. The summed E-state index contributed by atoms with van der Waals surface area (Å²) in [6.07, 6.45) is 3.20. The average Bonchev–Trinajstić information content (AvgIpc) is 2.87. The number of H-pyrrole nitrogens is 1. The first-order valence-electron chi connectivity index (χ1n) is 5.26. The predicted octanol–water partition coefficient (Wildman–Crippen LogP) is 2.73. The highest BCUT2D eigenvalue weighted by Gasteiger charge is 2.14. The number of benzene rings is 1. The number of nitrogens with zero attached hydrogens (tertiary/aromatic N) is 2. The maximum atomic E-state index is 13.6. The SMILES string of the molecule is CC(Nc1c(F)cc(C#N)cc1F)c1cn[nH]c1. The minimum Gasteiger partial charge on any atom is -0.374 e. The number of nitrogens with one attached hydrogen (secondary N) is 2. The van der Waals surface area contributed by atoms with Gasteiger partial charge in [0.1, 0.15) is 5.69 Å². The third-order valence-electron chi connectivity index (χ3n) is 2.55. The molecule has 0 aliphatic rings. The third-order valence-corrected chi connectivity index (χ3v) is 2.55. The van der Waals surface area contributed by atoms with E-state index in [1.54, 1.807) is 25.4 Å². The molecule has 1 unspecified atom stereocenters. The van der Waals surface area contributed by atoms with Crippen molar-refractivity contribution in [1.82, 2.24) is 10.2 Å². The summed E-state index contributed by atoms with van der Waals surface area (Å²) in [7, 11) is 0. The Balaban J connectivity index is 2.27. The quantitative estimate of drug-likeness (QED) is 0.877. The minimum absolute atomic E-state index is 0.0495. The Bertz CT molecular complexity index is 564. The molecule has 1 aromatic heterocycles. The Kier molecular flexibility index (Phi) is 3.24. The van der Waals surface area contributed by atoms with Crippen LogP contribution in [-0.2, 0) is 0 Å². The van der Waals surface area contributed by atoms with Crippen LogP contribution in [0.25, 0.3) is 0 Å². The number of rotatable bonds is 3. The van der Waals surface area contributed by atoms with Crippen molar-refractivity contribution in [1.29, 1.82) is 5.26 Å². The molecule has 18 heavy (non-hydrogen) atoms. The first kappa shape index (κ1) is 12.0. The monoisotopic (exact) mass is 248 g/mol. The van der Waals surface area contributed by atoms with Gasteiger partial charge in [-0.15, -0.1) is 0 Å². The Morgan fingerprint density at radius 2 is 2.06 bits per heavy atom. The lowest BCUT2D eigenvalue weighted by molar-refractivity contribution is 0.584. The summed E-state index contributed by atoms with van der Waals surface area (Å²) in [6.45, 7) is 1.75. The summed E-state index contributed by atoms with van der Waals surface area (Å²) in [6, 6.07) is 3.38. The van der Waals surface area contributed by atoms with Crippen LogP contribution < -0.4 is 5.32 Å². The van der Waals surface area contributed by atoms with E-state index in [0.29, 0.717) is 0 Å². The molecule has 0 amide bonds. The molecule has 2 N–H and O–H groups in total. The highest BCUT2D eigenvalue weighted by Crippen LogP contribution is 2.25. The minimum atomic E-state index is -0.790. The second-order valence-corrected chi connectivity index (χ2v) is 3.82. The molecule has 2 aromatic rings. The molecule has 0 bridgehead atoms. The van der Waals surface area contributed by atoms with Crippen molar-refractivity contribution in [2.45, 2.75) is 13.0 Å². The lowest BCUT2D eigenvalue weighted by Gasteiger charge is -2.15. The molecule has 1 atom stereocenters. The van der Waals surface area contributed by atoms with Crippen LogP contribution in [0, 0.1) is 23.0 Å². The highest BCUT2D eigenvalue weighted by molar-refractivity contribution is 5.51. The van der Waals surface area contributed by atoms with Gasteiger partial charge in [0.2, 0.25) is 0 Å². The van der Waals surface area contributed by atoms with Crippen LogP contribution in [0.5, 0.6) is 0 Å². The van der Waals surface area contributed by atoms with Gasteiger partial charge in [0.15, 0.2) is 11.6 Å². The fraction of sp³-hybridized carbons (Fsp3) is 0.167. The molecule has 1 aromatic carbocycles. The number of halogens is 2. The van der Waals surface area contributed by atoms with E-state index < -0.39 is 11.6 Å². The Hall–Kier alpha value is -2.42. The van der Waals surface area contributed by atoms with E-state index in [2.05, 4.69) is 15.5 Å². The molecule has 0 aliphatic carbocycles. The zero-order valence-electron chi connectivity index (χ0n) is 9.54. The number of nitriles is 1. The fourth-order valence-electron chi connectivity index (χ4n) is 1.57. The normalized spacial score (nSPS) is 11.9. The lowest BCUT2D eigenvalue weighted by atomic mass is 10.1. The fourth-order valence-corrected chi connectivity index (χ4v) is 1.57. The summed E-state index contributed by atoms with van der Waals surface area (Å²) in [5.74, 6) is -1.58. The first-order valence-corrected chi connectivity index (χ1v) is 5.26. The Morgan fingerprint density at radius 3 is 2.56 bits per heavy atom. The number of anilines is 1. The smallest absolute Gasteiger partial charge is 0.150 e. The number of hydrogen-bond donors (Lipinski definition) is 2. The molecule has 0 fully saturated rings. The third kappa shape index (κ3) is 2.30. The van der Waals surface area contributed by atoms with Gasteiger partial charge in [-0.3, -0.25) is 5.10 Å². The molecule has 0 radical (unpaired) electrons. The molecule has 0 aliphatic heterocycles. The van der Waals surface area contributed by atoms with Crippen molar-refractivity contribution in [3.8, 4) is 6.07 Å². The van der Waals surface area contributed by atoms with Gasteiger partial charge < -0.3 is 5.32 Å². The van der Waals surface area contributed by atoms with Gasteiger partial charge in [-0.25, -0.2) is 8.78 Å². The topological polar surface area (TPSA) is 64.5 Å². The predicted molar refractivity (Wildman–Crippen MR) is 61.7 cm³/mol. The summed E-state index contributed by atoms with van der Waals surface area (Å²) >= 11 is 0. The molecule has 1 heterocycles. The molecule has 0 spiro atoms. The van der Waals surface area contributed by atoms with Crippen LogP contribution >= 0.6 is 0 Å². The molecular weight excluding hydrogens is 238 g/mol. The van der Waals surface area contributed by atoms with E-state index >= 15 is 0 Å². The van der Waals surface area contributed by atoms with Crippen molar-refractivity contribution >= 4 is 5.69 Å². The van der Waals surface area contributed by atoms with Crippen LogP contribution in [-0.4, -0.2) is 10.2 Å². The van der Waals surface area contributed by atoms with Crippen LogP contribution in [0.2, 0.25) is 0 Å². The molecule has 2 rings (SSSR count). The van der Waals surface area contributed by atoms with Crippen molar-refractivity contribution in [2.75, 3.05) is 5.32 Å². The van der Waals surface area contributed by atoms with Crippen LogP contribution in [0.1, 0.15) is 24.1 Å². The van der Waals surface area contributed by atoms with Crippen LogP contribution in [0.3, 0.4) is 0 Å². The maximum absolute atomic E-state index is 13.6. The molecule has 4 nitrogen and oxygen atoms in total. The van der Waals surface area contributed by atoms with E-state index in [1.165, 1.54) is 0 Å². The van der Waals surface area contributed by atoms with E-state index in [0.717, 1.165) is 17.7 Å². The molecule has 6 heteroatoms. The van der Waals surface area contributed by atoms with Crippen LogP contribution in [0.4, 0.5) is 14.5 Å². The number of aromatic amines is 1. The number of hydrogen-bond acceptors (Lipinski definition) is 3. The van der Waals surface area contributed by atoms with Crippen molar-refractivity contribution in [2.24, 2.45) is 0 Å². The summed E-state index contributed by atoms with van der Waals surface area (Å²) in [5.41, 5.74) is 0.479. The van der Waals surface area contributed by atoms with Gasteiger partial charge in [-0.05, 0) is 19.1 Å². The maximum Gasteiger partial charge on any atom is 0.150 e. The van der Waals surface area contributed by atoms with Crippen molar-refractivity contribution < 1.29 is 8.78 Å². The zero-order chi connectivity index (χ0) is 13.1. The molecule has 0 saturated carbocycles. The van der Waals surface area contributed by atoms with E-state index in [-0.39, 0.29) is 17.3 Å². The molecular formula is C12H10F2N4. The Morgan fingerprint density at radius 1 is 1.39 bits per heavy atom. The van der Waals surface area contributed by atoms with Gasteiger partial charge in [-0.2, -0.15) is 10.4 Å². The largest absolute Gasteiger partial charge is 0.374 e. The van der Waals surface area contributed by atoms with E-state index in [1.807, 2.05) is 0 Å². The van der Waals surface area contributed by atoms with Crippen molar-refractivity contribution in [3.63, 3.8) is 0 Å². The number of aromatic nitrogens is 2. The second kappa shape index (κ2) is 4.84. The first-order chi connectivity index (χ1) is 8.61. The second-order valence-electron chi connectivity index (χ2n) is 3.82. The Labute approximate surface area is 102 Å². The van der Waals surface area contributed by atoms with E-state index in [4.69, 9.17) is 5.26 Å². The van der Waals surface area contributed by atoms with E-state index in [9.17, 15) is 8.78 Å². The van der Waals surface area contributed by atoms with Gasteiger partial charge in [0, 0.05) is 11.8 Å². The van der Waals surface area contributed by atoms with Crippen LogP contribution in [0.15, 0.2) is 24.5 Å². The highest BCUT2D eigenvalue weighted by atomic mass is 19.1. The van der Waals surface area contributed by atoms with Gasteiger partial charge in [0.25, 0.3) is 0 Å².